The predicted octanol–water partition coefficient (Wildman–Crippen LogP) is 16.9. The lowest BCUT2D eigenvalue weighted by molar-refractivity contribution is -0.140. The topological polar surface area (TPSA) is 86.6 Å². The van der Waals surface area contributed by atoms with Crippen molar-refractivity contribution in [1.29, 1.82) is 0 Å². The van der Waals surface area contributed by atoms with Gasteiger partial charge >= 0.3 is 11.9 Å². The molecule has 56 heavy (non-hydrogen) atoms. The second-order valence-corrected chi connectivity index (χ2v) is 18.1. The van der Waals surface area contributed by atoms with Gasteiger partial charge in [-0.1, -0.05) is 277 Å². The Morgan fingerprint density at radius 2 is 0.607 bits per heavy atom. The van der Waals surface area contributed by atoms with E-state index in [0.717, 1.165) is 18.8 Å². The lowest BCUT2D eigenvalue weighted by atomic mass is 9.89. The summed E-state index contributed by atoms with van der Waals surface area (Å²) in [4.78, 5) is 21.9. The third-order valence-electron chi connectivity index (χ3n) is 12.6. The number of carboxylic acid groups (broad SMARTS) is 2. The molecule has 0 bridgehead atoms. The van der Waals surface area contributed by atoms with Crippen LogP contribution in [0.2, 0.25) is 0 Å². The SMILES string of the molecule is CCCCCCCCC(CCCCCCCC)CCCCCCCCCCCCCCCCCCCCCCCCCCCCCNC(CCC(=O)O)C(=O)O. The van der Waals surface area contributed by atoms with E-state index in [0.29, 0.717) is 6.54 Å². The number of carbonyl (C=O) groups is 2. The first-order chi connectivity index (χ1) is 27.5. The molecule has 5 nitrogen and oxygen atoms in total. The van der Waals surface area contributed by atoms with Crippen molar-refractivity contribution < 1.29 is 19.8 Å². The van der Waals surface area contributed by atoms with E-state index in [4.69, 9.17) is 5.11 Å². The third-order valence-corrected chi connectivity index (χ3v) is 12.6. The summed E-state index contributed by atoms with van der Waals surface area (Å²) < 4.78 is 0. The Hall–Kier alpha value is -1.10. The van der Waals surface area contributed by atoms with E-state index in [1.54, 1.807) is 0 Å². The molecule has 0 heterocycles. The van der Waals surface area contributed by atoms with Gasteiger partial charge in [-0.15, -0.1) is 0 Å². The third kappa shape index (κ3) is 44.0. The van der Waals surface area contributed by atoms with Crippen LogP contribution in [0.3, 0.4) is 0 Å². The lowest BCUT2D eigenvalue weighted by Gasteiger charge is -2.17. The van der Waals surface area contributed by atoms with Crippen LogP contribution in [-0.4, -0.2) is 34.7 Å². The van der Waals surface area contributed by atoms with Crippen molar-refractivity contribution in [3.05, 3.63) is 0 Å². The molecule has 0 aromatic heterocycles. The van der Waals surface area contributed by atoms with Gasteiger partial charge in [-0.2, -0.15) is 0 Å². The van der Waals surface area contributed by atoms with Crippen molar-refractivity contribution in [3.8, 4) is 0 Å². The highest BCUT2D eigenvalue weighted by atomic mass is 16.4. The fourth-order valence-corrected chi connectivity index (χ4v) is 8.69. The molecule has 1 atom stereocenters. The molecular formula is C51H101NO4. The zero-order valence-corrected chi connectivity index (χ0v) is 38.2. The maximum absolute atomic E-state index is 11.2. The van der Waals surface area contributed by atoms with Crippen LogP contribution in [0.25, 0.3) is 0 Å². The summed E-state index contributed by atoms with van der Waals surface area (Å²) in [5.41, 5.74) is 0. The summed E-state index contributed by atoms with van der Waals surface area (Å²) in [5, 5.41) is 20.9. The summed E-state index contributed by atoms with van der Waals surface area (Å²) in [5.74, 6) is -0.879. The van der Waals surface area contributed by atoms with Gasteiger partial charge < -0.3 is 15.5 Å². The molecule has 0 aliphatic heterocycles. The number of aliphatic carboxylic acids is 2. The van der Waals surface area contributed by atoms with E-state index in [-0.39, 0.29) is 12.8 Å². The van der Waals surface area contributed by atoms with Crippen LogP contribution in [0.5, 0.6) is 0 Å². The predicted molar refractivity (Wildman–Crippen MR) is 245 cm³/mol. The summed E-state index contributed by atoms with van der Waals surface area (Å²) in [6, 6.07) is -0.747. The molecule has 5 heteroatoms. The van der Waals surface area contributed by atoms with Crippen LogP contribution >= 0.6 is 0 Å². The van der Waals surface area contributed by atoms with E-state index in [2.05, 4.69) is 19.2 Å². The van der Waals surface area contributed by atoms with E-state index in [1.807, 2.05) is 0 Å². The molecule has 1 unspecified atom stereocenters. The van der Waals surface area contributed by atoms with Crippen molar-refractivity contribution in [3.63, 3.8) is 0 Å². The van der Waals surface area contributed by atoms with Gasteiger partial charge in [-0.3, -0.25) is 9.59 Å². The maximum atomic E-state index is 11.2. The van der Waals surface area contributed by atoms with Gasteiger partial charge in [0.2, 0.25) is 0 Å². The summed E-state index contributed by atoms with van der Waals surface area (Å²) in [6.07, 6.45) is 59.5. The highest BCUT2D eigenvalue weighted by molar-refractivity contribution is 5.75. The fraction of sp³-hybridized carbons (Fsp3) is 0.961. The van der Waals surface area contributed by atoms with Crippen LogP contribution in [0.15, 0.2) is 0 Å². The summed E-state index contributed by atoms with van der Waals surface area (Å²) >= 11 is 0. The van der Waals surface area contributed by atoms with E-state index in [1.165, 1.54) is 257 Å². The highest BCUT2D eigenvalue weighted by Gasteiger charge is 2.17. The molecule has 0 amide bonds. The van der Waals surface area contributed by atoms with Crippen molar-refractivity contribution in [1.82, 2.24) is 5.32 Å². The first-order valence-electron chi connectivity index (χ1n) is 25.7. The Balaban J connectivity index is 3.42. The maximum Gasteiger partial charge on any atom is 0.320 e. The smallest absolute Gasteiger partial charge is 0.320 e. The Bertz CT molecular complexity index is 772. The van der Waals surface area contributed by atoms with Gasteiger partial charge in [0.25, 0.3) is 0 Å². The number of nitrogens with one attached hydrogen (secondary N) is 1. The van der Waals surface area contributed by atoms with Crippen molar-refractivity contribution in [2.75, 3.05) is 6.54 Å². The van der Waals surface area contributed by atoms with Crippen LogP contribution in [-0.2, 0) is 9.59 Å². The van der Waals surface area contributed by atoms with Crippen LogP contribution in [0.4, 0.5) is 0 Å². The Morgan fingerprint density at radius 3 is 0.857 bits per heavy atom. The average Bonchev–Trinajstić information content (AvgIpc) is 3.18. The van der Waals surface area contributed by atoms with Crippen LogP contribution in [0.1, 0.15) is 296 Å². The van der Waals surface area contributed by atoms with Gasteiger partial charge in [-0.05, 0) is 25.3 Å². The van der Waals surface area contributed by atoms with Crippen molar-refractivity contribution in [2.45, 2.75) is 302 Å². The van der Waals surface area contributed by atoms with Crippen LogP contribution < -0.4 is 5.32 Å². The number of unbranched alkanes of at least 4 members (excludes halogenated alkanes) is 36. The first-order valence-corrected chi connectivity index (χ1v) is 25.7. The van der Waals surface area contributed by atoms with Gasteiger partial charge in [0.05, 0.1) is 0 Å². The summed E-state index contributed by atoms with van der Waals surface area (Å²) in [6.45, 7) is 5.30. The van der Waals surface area contributed by atoms with E-state index < -0.39 is 18.0 Å². The highest BCUT2D eigenvalue weighted by Crippen LogP contribution is 2.25. The molecule has 0 saturated heterocycles. The second kappa shape index (κ2) is 46.6. The van der Waals surface area contributed by atoms with Crippen LogP contribution in [0, 0.1) is 5.92 Å². The van der Waals surface area contributed by atoms with Gasteiger partial charge in [0.15, 0.2) is 0 Å². The second-order valence-electron chi connectivity index (χ2n) is 18.1. The number of rotatable bonds is 49. The van der Waals surface area contributed by atoms with Gasteiger partial charge in [0, 0.05) is 6.42 Å². The minimum atomic E-state index is -0.955. The van der Waals surface area contributed by atoms with Crippen molar-refractivity contribution >= 4 is 11.9 Å². The van der Waals surface area contributed by atoms with Gasteiger partial charge in [-0.25, -0.2) is 0 Å². The zero-order valence-electron chi connectivity index (χ0n) is 38.2. The number of hydrogen-bond donors (Lipinski definition) is 3. The fourth-order valence-electron chi connectivity index (χ4n) is 8.69. The minimum absolute atomic E-state index is 0.108. The molecule has 0 aliphatic carbocycles. The minimum Gasteiger partial charge on any atom is -0.481 e. The average molecular weight is 792 g/mol. The molecule has 0 fully saturated rings. The molecule has 0 rings (SSSR count). The van der Waals surface area contributed by atoms with Gasteiger partial charge in [0.1, 0.15) is 6.04 Å². The molecular weight excluding hydrogens is 691 g/mol. The monoisotopic (exact) mass is 792 g/mol. The molecule has 0 aliphatic rings. The largest absolute Gasteiger partial charge is 0.481 e. The molecule has 0 spiro atoms. The molecule has 3 N–H and O–H groups in total. The quantitative estimate of drug-likeness (QED) is 0.0534. The summed E-state index contributed by atoms with van der Waals surface area (Å²) in [7, 11) is 0. The molecule has 0 saturated carbocycles. The molecule has 0 aromatic rings. The Kier molecular flexibility index (Phi) is 45.7. The van der Waals surface area contributed by atoms with Crippen molar-refractivity contribution in [2.24, 2.45) is 5.92 Å². The Labute approximate surface area is 350 Å². The molecule has 334 valence electrons. The first kappa shape index (κ1) is 54.9. The number of hydrogen-bond acceptors (Lipinski definition) is 3. The standard InChI is InChI=1S/C51H101NO4/c1-3-5-7-9-34-38-42-48(43-39-35-10-8-6-4-2)44-40-36-32-30-28-26-24-22-20-18-16-14-12-11-13-15-17-19-21-23-25-27-29-31-33-37-41-47-52-49(51(55)56)45-46-50(53)54/h48-49,52H,3-47H2,1-2H3,(H,53,54)(H,55,56). The van der Waals surface area contributed by atoms with E-state index >= 15 is 0 Å². The number of carboxylic acids is 2. The molecule has 0 aromatic carbocycles. The molecule has 0 radical (unpaired) electrons. The lowest BCUT2D eigenvalue weighted by Crippen LogP contribution is -2.37. The van der Waals surface area contributed by atoms with E-state index in [9.17, 15) is 14.7 Å². The Morgan fingerprint density at radius 1 is 0.357 bits per heavy atom. The zero-order chi connectivity index (χ0) is 40.8. The normalized spacial score (nSPS) is 12.2.